The second-order valence-corrected chi connectivity index (χ2v) is 11.1. The van der Waals surface area contributed by atoms with E-state index in [0.29, 0.717) is 27.4 Å². The number of carbonyl (C=O) groups excluding carboxylic acids is 3. The number of nitro groups is 1. The van der Waals surface area contributed by atoms with Crippen LogP contribution >= 0.6 is 11.3 Å². The molecule has 0 saturated carbocycles. The number of para-hydroxylation sites is 1. The number of benzene rings is 4. The highest BCUT2D eigenvalue weighted by Crippen LogP contribution is 2.35. The van der Waals surface area contributed by atoms with Gasteiger partial charge in [-0.25, -0.2) is 0 Å². The molecule has 9 heteroatoms. The van der Waals surface area contributed by atoms with Gasteiger partial charge in [0.1, 0.15) is 0 Å². The molecule has 1 aromatic heterocycles. The molecule has 218 valence electrons. The van der Waals surface area contributed by atoms with E-state index in [-0.39, 0.29) is 29.4 Å². The Kier molecular flexibility index (Phi) is 9.17. The molecule has 1 heterocycles. The fourth-order valence-corrected chi connectivity index (χ4v) is 5.46. The van der Waals surface area contributed by atoms with Crippen LogP contribution in [0.4, 0.5) is 17.1 Å². The zero-order chi connectivity index (χ0) is 31.1. The van der Waals surface area contributed by atoms with Crippen LogP contribution in [0.1, 0.15) is 31.9 Å². The largest absolute Gasteiger partial charge is 0.325 e. The van der Waals surface area contributed by atoms with Gasteiger partial charge in [0, 0.05) is 38.7 Å². The fourth-order valence-electron chi connectivity index (χ4n) is 4.52. The number of nitrogens with one attached hydrogen (secondary N) is 2. The number of hydrogen-bond acceptors (Lipinski definition) is 6. The third kappa shape index (κ3) is 7.39. The SMILES string of the molecule is Cc1ccc(CC(=O)Nc2ccc(NC(=O)/C=C/c3ccc(-c4ccccc4[N+](=O)[O-])s3)cc2C(=O)c2ccccc2)cc1. The number of ketones is 1. The molecule has 4 aromatic carbocycles. The predicted octanol–water partition coefficient (Wildman–Crippen LogP) is 7.70. The van der Waals surface area contributed by atoms with Crippen molar-refractivity contribution in [3.8, 4) is 10.4 Å². The summed E-state index contributed by atoms with van der Waals surface area (Å²) in [6.07, 6.45) is 3.11. The van der Waals surface area contributed by atoms with Crippen LogP contribution in [-0.2, 0) is 16.0 Å². The van der Waals surface area contributed by atoms with Gasteiger partial charge in [-0.05, 0) is 55.0 Å². The molecular weight excluding hydrogens is 574 g/mol. The van der Waals surface area contributed by atoms with E-state index in [1.54, 1.807) is 78.9 Å². The summed E-state index contributed by atoms with van der Waals surface area (Å²) in [6, 6.07) is 31.2. The zero-order valence-electron chi connectivity index (χ0n) is 23.7. The number of thiophene rings is 1. The topological polar surface area (TPSA) is 118 Å². The monoisotopic (exact) mass is 601 g/mol. The molecule has 0 spiro atoms. The van der Waals surface area contributed by atoms with Crippen LogP contribution < -0.4 is 10.6 Å². The molecule has 2 N–H and O–H groups in total. The number of nitro benzene ring substituents is 1. The summed E-state index contributed by atoms with van der Waals surface area (Å²) in [4.78, 5) is 51.6. The first-order chi connectivity index (χ1) is 21.3. The van der Waals surface area contributed by atoms with Crippen molar-refractivity contribution in [1.82, 2.24) is 0 Å². The van der Waals surface area contributed by atoms with Gasteiger partial charge in [0.25, 0.3) is 5.69 Å². The van der Waals surface area contributed by atoms with E-state index in [2.05, 4.69) is 10.6 Å². The Labute approximate surface area is 257 Å². The summed E-state index contributed by atoms with van der Waals surface area (Å²) >= 11 is 1.32. The Hall–Kier alpha value is -5.67. The minimum absolute atomic E-state index is 0.0123. The van der Waals surface area contributed by atoms with Crippen LogP contribution in [0.2, 0.25) is 0 Å². The second kappa shape index (κ2) is 13.5. The van der Waals surface area contributed by atoms with Gasteiger partial charge in [0.2, 0.25) is 11.8 Å². The van der Waals surface area contributed by atoms with Gasteiger partial charge in [-0.3, -0.25) is 24.5 Å². The molecule has 0 fully saturated rings. The molecule has 0 bridgehead atoms. The maximum Gasteiger partial charge on any atom is 0.278 e. The standard InChI is InChI=1S/C35H27N3O5S/c1-23-11-13-24(14-12-23)21-34(40)37-30-18-15-26(22-29(30)35(41)25-7-3-2-4-8-25)36-33(39)20-17-27-16-19-32(44-27)28-9-5-6-10-31(28)38(42)43/h2-20,22H,21H2,1H3,(H,36,39)(H,37,40)/b20-17+. The highest BCUT2D eigenvalue weighted by molar-refractivity contribution is 7.16. The Morgan fingerprint density at radius 3 is 2.32 bits per heavy atom. The van der Waals surface area contributed by atoms with Crippen molar-refractivity contribution in [2.24, 2.45) is 0 Å². The van der Waals surface area contributed by atoms with Gasteiger partial charge in [-0.15, -0.1) is 11.3 Å². The van der Waals surface area contributed by atoms with Crippen molar-refractivity contribution in [3.63, 3.8) is 0 Å². The Morgan fingerprint density at radius 1 is 0.841 bits per heavy atom. The number of amides is 2. The Balaban J connectivity index is 1.33. The summed E-state index contributed by atoms with van der Waals surface area (Å²) in [5.41, 5.74) is 3.86. The third-order valence-corrected chi connectivity index (χ3v) is 7.80. The number of rotatable bonds is 10. The van der Waals surface area contributed by atoms with Gasteiger partial charge >= 0.3 is 0 Å². The van der Waals surface area contributed by atoms with E-state index in [1.165, 1.54) is 23.5 Å². The number of aryl methyl sites for hydroxylation is 1. The van der Waals surface area contributed by atoms with E-state index >= 15 is 0 Å². The van der Waals surface area contributed by atoms with Crippen molar-refractivity contribution in [2.45, 2.75) is 13.3 Å². The van der Waals surface area contributed by atoms with Gasteiger partial charge in [0.05, 0.1) is 22.6 Å². The second-order valence-electron chi connectivity index (χ2n) is 9.96. The van der Waals surface area contributed by atoms with E-state index in [0.717, 1.165) is 16.0 Å². The maximum atomic E-state index is 13.5. The summed E-state index contributed by atoms with van der Waals surface area (Å²) in [5.74, 6) is -1.00. The van der Waals surface area contributed by atoms with Crippen LogP contribution in [0, 0.1) is 17.0 Å². The first kappa shape index (κ1) is 29.8. The lowest BCUT2D eigenvalue weighted by molar-refractivity contribution is -0.384. The third-order valence-electron chi connectivity index (χ3n) is 6.72. The summed E-state index contributed by atoms with van der Waals surface area (Å²) in [6.45, 7) is 1.97. The molecule has 0 radical (unpaired) electrons. The van der Waals surface area contributed by atoms with Crippen molar-refractivity contribution >= 4 is 52.1 Å². The first-order valence-corrected chi connectivity index (χ1v) is 14.5. The maximum absolute atomic E-state index is 13.5. The zero-order valence-corrected chi connectivity index (χ0v) is 24.5. The first-order valence-electron chi connectivity index (χ1n) is 13.7. The van der Waals surface area contributed by atoms with E-state index < -0.39 is 10.8 Å². The van der Waals surface area contributed by atoms with Crippen LogP contribution in [0.5, 0.6) is 0 Å². The summed E-state index contributed by atoms with van der Waals surface area (Å²) < 4.78 is 0. The minimum Gasteiger partial charge on any atom is -0.325 e. The molecule has 0 aliphatic rings. The van der Waals surface area contributed by atoms with E-state index in [4.69, 9.17) is 0 Å². The summed E-state index contributed by atoms with van der Waals surface area (Å²) in [7, 11) is 0. The number of carbonyl (C=O) groups is 3. The van der Waals surface area contributed by atoms with Crippen LogP contribution in [0.3, 0.4) is 0 Å². The normalized spacial score (nSPS) is 10.8. The quantitative estimate of drug-likeness (QED) is 0.0736. The molecule has 0 atom stereocenters. The van der Waals surface area contributed by atoms with Gasteiger partial charge < -0.3 is 10.6 Å². The van der Waals surface area contributed by atoms with Crippen molar-refractivity contribution in [2.75, 3.05) is 10.6 Å². The minimum atomic E-state index is -0.431. The number of anilines is 2. The lowest BCUT2D eigenvalue weighted by Gasteiger charge is -2.13. The number of nitrogens with zero attached hydrogens (tertiary/aromatic N) is 1. The molecule has 0 unspecified atom stereocenters. The Morgan fingerprint density at radius 2 is 1.57 bits per heavy atom. The van der Waals surface area contributed by atoms with Gasteiger partial charge in [-0.1, -0.05) is 72.3 Å². The van der Waals surface area contributed by atoms with E-state index in [9.17, 15) is 24.5 Å². The van der Waals surface area contributed by atoms with Gasteiger partial charge in [-0.2, -0.15) is 0 Å². The molecule has 0 aliphatic carbocycles. The molecule has 2 amide bonds. The lowest BCUT2D eigenvalue weighted by Crippen LogP contribution is -2.18. The van der Waals surface area contributed by atoms with Crippen LogP contribution in [-0.4, -0.2) is 22.5 Å². The molecule has 5 rings (SSSR count). The van der Waals surface area contributed by atoms with Crippen molar-refractivity contribution < 1.29 is 19.3 Å². The molecular formula is C35H27N3O5S. The number of hydrogen-bond donors (Lipinski definition) is 2. The van der Waals surface area contributed by atoms with Crippen molar-refractivity contribution in [3.05, 3.63) is 153 Å². The average Bonchev–Trinajstić information content (AvgIpc) is 3.51. The fraction of sp³-hybridized carbons (Fsp3) is 0.0571. The van der Waals surface area contributed by atoms with Crippen LogP contribution in [0.15, 0.2) is 115 Å². The Bertz CT molecular complexity index is 1880. The molecule has 8 nitrogen and oxygen atoms in total. The molecule has 0 aliphatic heterocycles. The van der Waals surface area contributed by atoms with E-state index in [1.807, 2.05) is 37.3 Å². The van der Waals surface area contributed by atoms with Crippen LogP contribution in [0.25, 0.3) is 16.5 Å². The highest BCUT2D eigenvalue weighted by atomic mass is 32.1. The molecule has 5 aromatic rings. The highest BCUT2D eigenvalue weighted by Gasteiger charge is 2.18. The van der Waals surface area contributed by atoms with Crippen molar-refractivity contribution in [1.29, 1.82) is 0 Å². The average molecular weight is 602 g/mol. The molecule has 0 saturated heterocycles. The predicted molar refractivity (Wildman–Crippen MR) is 174 cm³/mol. The lowest BCUT2D eigenvalue weighted by atomic mass is 10.0. The van der Waals surface area contributed by atoms with Gasteiger partial charge in [0.15, 0.2) is 5.78 Å². The smallest absolute Gasteiger partial charge is 0.278 e. The molecule has 44 heavy (non-hydrogen) atoms. The summed E-state index contributed by atoms with van der Waals surface area (Å²) in [5, 5.41) is 17.0.